The molecule has 0 aliphatic carbocycles. The molecule has 182 valence electrons. The highest BCUT2D eigenvalue weighted by Crippen LogP contribution is 2.36. The summed E-state index contributed by atoms with van der Waals surface area (Å²) in [6.45, 7) is 20.1. The van der Waals surface area contributed by atoms with Crippen molar-refractivity contribution in [2.75, 3.05) is 18.0 Å². The Morgan fingerprint density at radius 3 is 1.56 bits per heavy atom. The third kappa shape index (κ3) is 7.25. The van der Waals surface area contributed by atoms with Crippen molar-refractivity contribution >= 4 is 18.3 Å². The van der Waals surface area contributed by atoms with Gasteiger partial charge < -0.3 is 14.2 Å². The van der Waals surface area contributed by atoms with Crippen molar-refractivity contribution in [2.45, 2.75) is 118 Å². The molecule has 2 atom stereocenters. The van der Waals surface area contributed by atoms with E-state index in [2.05, 4.69) is 84.6 Å². The summed E-state index contributed by atoms with van der Waals surface area (Å²) in [5, 5.41) is 0. The third-order valence-electron chi connectivity index (χ3n) is 7.83. The van der Waals surface area contributed by atoms with Crippen LogP contribution < -0.4 is 10.4 Å². The molecule has 1 heterocycles. The van der Waals surface area contributed by atoms with E-state index in [1.807, 2.05) is 0 Å². The van der Waals surface area contributed by atoms with Crippen LogP contribution in [0.5, 0.6) is 0 Å². The Morgan fingerprint density at radius 1 is 0.750 bits per heavy atom. The molecule has 0 radical (unpaired) electrons. The van der Waals surface area contributed by atoms with E-state index in [-0.39, 0.29) is 18.3 Å². The molecule has 2 rings (SSSR count). The molecule has 2 unspecified atom stereocenters. The predicted octanol–water partition coefficient (Wildman–Crippen LogP) is 7.23. The second-order valence-electron chi connectivity index (χ2n) is 10.9. The summed E-state index contributed by atoms with van der Waals surface area (Å²) in [7, 11) is -0.289. The molecule has 3 nitrogen and oxygen atoms in total. The Hall–Kier alpha value is -0.995. The molecule has 1 fully saturated rings. The fraction of sp³-hybridized carbons (Fsp3) is 0.786. The molecule has 1 aromatic carbocycles. The standard InChI is InChI=1S/C28H50BNO2/c1-9-13-15-23(11-3)21-30(22-24(12-4)16-14-10-2)26-19-17-25(18-20-26)29-31-27(5,6)28(7,8)32-29/h17-20,23-24H,9-16,21-22H2,1-8H3. The van der Waals surface area contributed by atoms with Gasteiger partial charge in [0.25, 0.3) is 0 Å². The van der Waals surface area contributed by atoms with Crippen molar-refractivity contribution in [2.24, 2.45) is 11.8 Å². The van der Waals surface area contributed by atoms with Crippen molar-refractivity contribution in [1.82, 2.24) is 0 Å². The largest absolute Gasteiger partial charge is 0.494 e. The van der Waals surface area contributed by atoms with Gasteiger partial charge >= 0.3 is 7.12 Å². The zero-order chi connectivity index (χ0) is 23.8. The van der Waals surface area contributed by atoms with Crippen LogP contribution in [0.4, 0.5) is 5.69 Å². The smallest absolute Gasteiger partial charge is 0.399 e. The Balaban J connectivity index is 2.18. The summed E-state index contributed by atoms with van der Waals surface area (Å²) in [4.78, 5) is 2.67. The number of hydrogen-bond acceptors (Lipinski definition) is 3. The van der Waals surface area contributed by atoms with E-state index in [4.69, 9.17) is 9.31 Å². The number of rotatable bonds is 14. The first-order valence-corrected chi connectivity index (χ1v) is 13.4. The van der Waals surface area contributed by atoms with E-state index in [0.29, 0.717) is 0 Å². The molecule has 0 N–H and O–H groups in total. The second kappa shape index (κ2) is 12.5. The first-order chi connectivity index (χ1) is 15.2. The Bertz CT molecular complexity index is 624. The van der Waals surface area contributed by atoms with Gasteiger partial charge in [-0.1, -0.05) is 78.4 Å². The maximum Gasteiger partial charge on any atom is 0.494 e. The Kier molecular flexibility index (Phi) is 10.6. The summed E-state index contributed by atoms with van der Waals surface area (Å²) in [6.07, 6.45) is 10.4. The van der Waals surface area contributed by atoms with Gasteiger partial charge in [-0.2, -0.15) is 0 Å². The Labute approximate surface area is 199 Å². The first kappa shape index (κ1) is 27.3. The first-order valence-electron chi connectivity index (χ1n) is 13.4. The lowest BCUT2D eigenvalue weighted by Crippen LogP contribution is -2.41. The second-order valence-corrected chi connectivity index (χ2v) is 10.9. The maximum atomic E-state index is 6.27. The van der Waals surface area contributed by atoms with Gasteiger partial charge in [0, 0.05) is 18.8 Å². The molecule has 0 bridgehead atoms. The van der Waals surface area contributed by atoms with Crippen molar-refractivity contribution in [3.05, 3.63) is 24.3 Å². The number of anilines is 1. The van der Waals surface area contributed by atoms with E-state index >= 15 is 0 Å². The minimum Gasteiger partial charge on any atom is -0.399 e. The lowest BCUT2D eigenvalue weighted by atomic mass is 9.79. The van der Waals surface area contributed by atoms with Crippen LogP contribution in [0.15, 0.2) is 24.3 Å². The molecular weight excluding hydrogens is 393 g/mol. The molecule has 0 aromatic heterocycles. The third-order valence-corrected chi connectivity index (χ3v) is 7.83. The van der Waals surface area contributed by atoms with E-state index in [9.17, 15) is 0 Å². The van der Waals surface area contributed by atoms with Crippen molar-refractivity contribution < 1.29 is 9.31 Å². The van der Waals surface area contributed by atoms with Gasteiger partial charge in [0.2, 0.25) is 0 Å². The van der Waals surface area contributed by atoms with Crippen LogP contribution in [-0.2, 0) is 9.31 Å². The number of benzene rings is 1. The summed E-state index contributed by atoms with van der Waals surface area (Å²) in [5.41, 5.74) is 1.85. The van der Waals surface area contributed by atoms with Gasteiger partial charge in [0.05, 0.1) is 11.2 Å². The van der Waals surface area contributed by atoms with Crippen LogP contribution in [0.2, 0.25) is 0 Å². The summed E-state index contributed by atoms with van der Waals surface area (Å²) < 4.78 is 12.5. The summed E-state index contributed by atoms with van der Waals surface area (Å²) in [6, 6.07) is 9.01. The number of hydrogen-bond donors (Lipinski definition) is 0. The topological polar surface area (TPSA) is 21.7 Å². The van der Waals surface area contributed by atoms with Gasteiger partial charge in [0.15, 0.2) is 0 Å². The molecular formula is C28H50BNO2. The molecule has 0 saturated carbocycles. The van der Waals surface area contributed by atoms with Gasteiger partial charge in [-0.05, 0) is 70.0 Å². The molecule has 1 aliphatic rings. The predicted molar refractivity (Wildman–Crippen MR) is 141 cm³/mol. The fourth-order valence-electron chi connectivity index (χ4n) is 4.56. The zero-order valence-electron chi connectivity index (χ0n) is 22.4. The minimum absolute atomic E-state index is 0.289. The highest BCUT2D eigenvalue weighted by Gasteiger charge is 2.51. The summed E-state index contributed by atoms with van der Waals surface area (Å²) in [5.74, 6) is 1.53. The molecule has 1 saturated heterocycles. The maximum absolute atomic E-state index is 6.27. The van der Waals surface area contributed by atoms with Crippen molar-refractivity contribution in [1.29, 1.82) is 0 Å². The zero-order valence-corrected chi connectivity index (χ0v) is 22.4. The van der Waals surface area contributed by atoms with Crippen LogP contribution in [0.3, 0.4) is 0 Å². The van der Waals surface area contributed by atoms with Crippen LogP contribution in [0.1, 0.15) is 107 Å². The average Bonchev–Trinajstić information content (AvgIpc) is 2.99. The number of nitrogens with zero attached hydrogens (tertiary/aromatic N) is 1. The molecule has 0 amide bonds. The molecule has 0 spiro atoms. The van der Waals surface area contributed by atoms with Crippen LogP contribution in [0.25, 0.3) is 0 Å². The quantitative estimate of drug-likeness (QED) is 0.283. The number of unbranched alkanes of at least 4 members (excludes halogenated alkanes) is 2. The van der Waals surface area contributed by atoms with E-state index in [1.165, 1.54) is 57.1 Å². The van der Waals surface area contributed by atoms with Gasteiger partial charge in [0.1, 0.15) is 0 Å². The Morgan fingerprint density at radius 2 is 1.19 bits per heavy atom. The fourth-order valence-corrected chi connectivity index (χ4v) is 4.56. The van der Waals surface area contributed by atoms with E-state index in [1.54, 1.807) is 0 Å². The lowest BCUT2D eigenvalue weighted by Gasteiger charge is -2.32. The molecule has 4 heteroatoms. The van der Waals surface area contributed by atoms with E-state index < -0.39 is 0 Å². The monoisotopic (exact) mass is 443 g/mol. The molecule has 1 aliphatic heterocycles. The SMILES string of the molecule is CCCCC(CC)CN(CC(CC)CCCC)c1ccc(B2OC(C)(C)C(C)(C)O2)cc1. The van der Waals surface area contributed by atoms with Crippen molar-refractivity contribution in [3.63, 3.8) is 0 Å². The normalized spacial score (nSPS) is 19.2. The van der Waals surface area contributed by atoms with Crippen molar-refractivity contribution in [3.8, 4) is 0 Å². The van der Waals surface area contributed by atoms with E-state index in [0.717, 1.165) is 30.4 Å². The van der Waals surface area contributed by atoms with Crippen LogP contribution in [0, 0.1) is 11.8 Å². The average molecular weight is 444 g/mol. The molecule has 32 heavy (non-hydrogen) atoms. The van der Waals surface area contributed by atoms with Crippen LogP contribution >= 0.6 is 0 Å². The minimum atomic E-state index is -0.302. The molecule has 1 aromatic rings. The van der Waals surface area contributed by atoms with Gasteiger partial charge in [-0.15, -0.1) is 0 Å². The highest BCUT2D eigenvalue weighted by atomic mass is 16.7. The lowest BCUT2D eigenvalue weighted by molar-refractivity contribution is 0.00578. The van der Waals surface area contributed by atoms with Crippen LogP contribution in [-0.4, -0.2) is 31.4 Å². The highest BCUT2D eigenvalue weighted by molar-refractivity contribution is 6.62. The summed E-state index contributed by atoms with van der Waals surface area (Å²) >= 11 is 0. The van der Waals surface area contributed by atoms with Gasteiger partial charge in [-0.25, -0.2) is 0 Å². The van der Waals surface area contributed by atoms with Gasteiger partial charge in [-0.3, -0.25) is 0 Å².